The summed E-state index contributed by atoms with van der Waals surface area (Å²) in [6.07, 6.45) is 0.0636. The Morgan fingerprint density at radius 3 is 2.46 bits per heavy atom. The van der Waals surface area contributed by atoms with Crippen molar-refractivity contribution in [3.63, 3.8) is 0 Å². The molecule has 1 atom stereocenters. The van der Waals surface area contributed by atoms with Crippen molar-refractivity contribution in [1.29, 1.82) is 0 Å². The lowest BCUT2D eigenvalue weighted by molar-refractivity contribution is -0.121. The molecule has 0 radical (unpaired) electrons. The molecule has 0 fully saturated rings. The first-order chi connectivity index (χ1) is 12.4. The van der Waals surface area contributed by atoms with Crippen LogP contribution in [0.5, 0.6) is 0 Å². The Kier molecular flexibility index (Phi) is 5.16. The summed E-state index contributed by atoms with van der Waals surface area (Å²) in [4.78, 5) is 16.6. The van der Waals surface area contributed by atoms with Gasteiger partial charge in [0.15, 0.2) is 0 Å². The number of carbonyl (C=O) groups excluding carboxylic acids is 1. The summed E-state index contributed by atoms with van der Waals surface area (Å²) in [6, 6.07) is 14.0. The molecular weight excluding hydrogens is 326 g/mol. The molecule has 0 unspecified atom stereocenters. The quantitative estimate of drug-likeness (QED) is 0.753. The third-order valence-corrected chi connectivity index (χ3v) is 4.36. The van der Waals surface area contributed by atoms with Crippen LogP contribution in [0.2, 0.25) is 0 Å². The van der Waals surface area contributed by atoms with Gasteiger partial charge in [0.05, 0.1) is 6.04 Å². The summed E-state index contributed by atoms with van der Waals surface area (Å²) >= 11 is 0. The van der Waals surface area contributed by atoms with Crippen molar-refractivity contribution in [3.05, 3.63) is 70.6 Å². The molecule has 5 nitrogen and oxygen atoms in total. The van der Waals surface area contributed by atoms with E-state index >= 15 is 0 Å². The average Bonchev–Trinajstić information content (AvgIpc) is 3.03. The van der Waals surface area contributed by atoms with Crippen LogP contribution in [0.15, 0.2) is 47.0 Å². The predicted octanol–water partition coefficient (Wildman–Crippen LogP) is 4.08. The highest BCUT2D eigenvalue weighted by Crippen LogP contribution is 2.19. The van der Waals surface area contributed by atoms with Crippen LogP contribution in [0.4, 0.5) is 0 Å². The smallest absolute Gasteiger partial charge is 0.236 e. The maximum atomic E-state index is 12.3. The molecule has 134 valence electrons. The van der Waals surface area contributed by atoms with E-state index in [-0.39, 0.29) is 18.4 Å². The molecule has 0 spiro atoms. The molecule has 1 N–H and O–H groups in total. The minimum atomic E-state index is -0.142. The Balaban J connectivity index is 1.64. The number of rotatable bonds is 5. The van der Waals surface area contributed by atoms with E-state index in [1.54, 1.807) is 0 Å². The first kappa shape index (κ1) is 17.9. The lowest BCUT2D eigenvalue weighted by Gasteiger charge is -2.16. The van der Waals surface area contributed by atoms with Crippen molar-refractivity contribution in [2.75, 3.05) is 0 Å². The second-order valence-electron chi connectivity index (χ2n) is 6.70. The standard InChI is InChI=1S/C21H23N3O2/c1-13-5-8-17(9-6-13)21-23-20(26-24-21)12-19(25)22-16(4)18-10-7-14(2)11-15(18)3/h5-11,16H,12H2,1-4H3,(H,22,25)/t16-/m0/s1. The van der Waals surface area contributed by atoms with Crippen LogP contribution in [-0.2, 0) is 11.2 Å². The topological polar surface area (TPSA) is 68.0 Å². The fourth-order valence-corrected chi connectivity index (χ4v) is 2.97. The number of aryl methyl sites for hydroxylation is 3. The number of benzene rings is 2. The highest BCUT2D eigenvalue weighted by atomic mass is 16.5. The maximum Gasteiger partial charge on any atom is 0.236 e. The molecule has 26 heavy (non-hydrogen) atoms. The van der Waals surface area contributed by atoms with E-state index in [2.05, 4.69) is 47.5 Å². The normalized spacial score (nSPS) is 12.0. The molecule has 1 aromatic heterocycles. The number of amides is 1. The molecule has 0 aliphatic heterocycles. The van der Waals surface area contributed by atoms with Gasteiger partial charge in [-0.05, 0) is 38.8 Å². The van der Waals surface area contributed by atoms with Gasteiger partial charge in [0.2, 0.25) is 17.6 Å². The molecule has 0 saturated carbocycles. The number of hydrogen-bond acceptors (Lipinski definition) is 4. The Hall–Kier alpha value is -2.95. The summed E-state index contributed by atoms with van der Waals surface area (Å²) in [6.45, 7) is 8.10. The van der Waals surface area contributed by atoms with Crippen molar-refractivity contribution in [2.24, 2.45) is 0 Å². The van der Waals surface area contributed by atoms with Crippen molar-refractivity contribution in [3.8, 4) is 11.4 Å². The van der Waals surface area contributed by atoms with Gasteiger partial charge in [-0.3, -0.25) is 4.79 Å². The first-order valence-electron chi connectivity index (χ1n) is 8.68. The van der Waals surface area contributed by atoms with Crippen molar-refractivity contribution < 1.29 is 9.32 Å². The summed E-state index contributed by atoms with van der Waals surface area (Å²) in [5.74, 6) is 0.665. The van der Waals surface area contributed by atoms with Crippen LogP contribution < -0.4 is 5.32 Å². The molecule has 0 bridgehead atoms. The highest BCUT2D eigenvalue weighted by Gasteiger charge is 2.16. The minimum Gasteiger partial charge on any atom is -0.349 e. The van der Waals surface area contributed by atoms with Gasteiger partial charge >= 0.3 is 0 Å². The summed E-state index contributed by atoms with van der Waals surface area (Å²) in [5.41, 5.74) is 5.51. The zero-order valence-electron chi connectivity index (χ0n) is 15.5. The zero-order chi connectivity index (χ0) is 18.7. The number of nitrogens with zero attached hydrogens (tertiary/aromatic N) is 2. The van der Waals surface area contributed by atoms with Gasteiger partial charge < -0.3 is 9.84 Å². The van der Waals surface area contributed by atoms with Gasteiger partial charge in [-0.25, -0.2) is 0 Å². The Morgan fingerprint density at radius 1 is 1.08 bits per heavy atom. The van der Waals surface area contributed by atoms with E-state index in [1.807, 2.05) is 38.1 Å². The van der Waals surface area contributed by atoms with Crippen molar-refractivity contribution in [2.45, 2.75) is 40.2 Å². The fraction of sp³-hybridized carbons (Fsp3) is 0.286. The molecule has 0 aliphatic carbocycles. The minimum absolute atomic E-state index is 0.0636. The molecule has 3 rings (SSSR count). The molecule has 5 heteroatoms. The molecule has 1 amide bonds. The lowest BCUT2D eigenvalue weighted by atomic mass is 10.0. The van der Waals surface area contributed by atoms with E-state index in [1.165, 1.54) is 5.56 Å². The summed E-state index contributed by atoms with van der Waals surface area (Å²) in [7, 11) is 0. The van der Waals surface area contributed by atoms with Crippen LogP contribution in [0.1, 0.15) is 41.1 Å². The molecule has 0 aliphatic rings. The molecule has 2 aromatic carbocycles. The number of hydrogen-bond donors (Lipinski definition) is 1. The monoisotopic (exact) mass is 349 g/mol. The van der Waals surface area contributed by atoms with E-state index in [0.29, 0.717) is 11.7 Å². The second kappa shape index (κ2) is 7.52. The van der Waals surface area contributed by atoms with Gasteiger partial charge in [0, 0.05) is 5.56 Å². The number of nitrogens with one attached hydrogen (secondary N) is 1. The lowest BCUT2D eigenvalue weighted by Crippen LogP contribution is -2.28. The third-order valence-electron chi connectivity index (χ3n) is 4.36. The van der Waals surface area contributed by atoms with Gasteiger partial charge in [-0.1, -0.05) is 58.7 Å². The average molecular weight is 349 g/mol. The Morgan fingerprint density at radius 2 is 1.77 bits per heavy atom. The van der Waals surface area contributed by atoms with Crippen molar-refractivity contribution in [1.82, 2.24) is 15.5 Å². The van der Waals surface area contributed by atoms with Crippen LogP contribution >= 0.6 is 0 Å². The van der Waals surface area contributed by atoms with E-state index in [9.17, 15) is 4.79 Å². The van der Waals surface area contributed by atoms with Gasteiger partial charge in [-0.15, -0.1) is 0 Å². The van der Waals surface area contributed by atoms with E-state index in [0.717, 1.165) is 22.3 Å². The van der Waals surface area contributed by atoms with Crippen LogP contribution in [0.25, 0.3) is 11.4 Å². The fourth-order valence-electron chi connectivity index (χ4n) is 2.97. The van der Waals surface area contributed by atoms with Gasteiger partial charge in [0.25, 0.3) is 0 Å². The van der Waals surface area contributed by atoms with Crippen LogP contribution in [0.3, 0.4) is 0 Å². The summed E-state index contributed by atoms with van der Waals surface area (Å²) < 4.78 is 5.22. The largest absolute Gasteiger partial charge is 0.349 e. The number of carbonyl (C=O) groups is 1. The first-order valence-corrected chi connectivity index (χ1v) is 8.68. The second-order valence-corrected chi connectivity index (χ2v) is 6.70. The molecule has 1 heterocycles. The Bertz CT molecular complexity index is 913. The third kappa shape index (κ3) is 4.17. The zero-order valence-corrected chi connectivity index (χ0v) is 15.5. The SMILES string of the molecule is Cc1ccc(-c2noc(CC(=O)N[C@@H](C)c3ccc(C)cc3C)n2)cc1. The van der Waals surface area contributed by atoms with Gasteiger partial charge in [0.1, 0.15) is 6.42 Å². The van der Waals surface area contributed by atoms with Gasteiger partial charge in [-0.2, -0.15) is 4.98 Å². The Labute approximate surface area is 153 Å². The molecule has 3 aromatic rings. The summed E-state index contributed by atoms with van der Waals surface area (Å²) in [5, 5.41) is 6.96. The van der Waals surface area contributed by atoms with Crippen LogP contribution in [-0.4, -0.2) is 16.0 Å². The highest BCUT2D eigenvalue weighted by molar-refractivity contribution is 5.78. The van der Waals surface area contributed by atoms with Crippen LogP contribution in [0, 0.1) is 20.8 Å². The van der Waals surface area contributed by atoms with E-state index < -0.39 is 0 Å². The van der Waals surface area contributed by atoms with Crippen molar-refractivity contribution >= 4 is 5.91 Å². The molecule has 0 saturated heterocycles. The molecular formula is C21H23N3O2. The van der Waals surface area contributed by atoms with E-state index in [4.69, 9.17) is 4.52 Å². The maximum absolute atomic E-state index is 12.3. The number of aromatic nitrogens is 2. The predicted molar refractivity (Wildman–Crippen MR) is 101 cm³/mol.